The molecule has 2 aromatic rings. The van der Waals surface area contributed by atoms with E-state index in [0.717, 1.165) is 0 Å². The van der Waals surface area contributed by atoms with Crippen LogP contribution in [0.3, 0.4) is 0 Å². The van der Waals surface area contributed by atoms with Gasteiger partial charge in [-0.15, -0.1) is 0 Å². The second kappa shape index (κ2) is 7.28. The standard InChI is InChI=1S/C18H18N2O5S/c1-2-24-18-13(17(21)12-7-3-5-9-15(12)25-18)11-20-14-8-4-6-10-16(14)26(19,22)23/h3-11,18,20H,2H2,1H3,(H2,19,22,23)/b13-11-. The van der Waals surface area contributed by atoms with Gasteiger partial charge in [-0.2, -0.15) is 0 Å². The summed E-state index contributed by atoms with van der Waals surface area (Å²) in [5, 5.41) is 8.06. The van der Waals surface area contributed by atoms with Crippen LogP contribution in [-0.2, 0) is 14.8 Å². The Kier molecular flexibility index (Phi) is 5.08. The molecule has 26 heavy (non-hydrogen) atoms. The lowest BCUT2D eigenvalue weighted by molar-refractivity contribution is -0.0509. The first kappa shape index (κ1) is 18.1. The Bertz CT molecular complexity index is 969. The number of carbonyl (C=O) groups is 1. The smallest absolute Gasteiger partial charge is 0.240 e. The van der Waals surface area contributed by atoms with E-state index in [1.807, 2.05) is 0 Å². The highest BCUT2D eigenvalue weighted by Gasteiger charge is 2.32. The number of sulfonamides is 1. The number of para-hydroxylation sites is 2. The molecule has 3 N–H and O–H groups in total. The summed E-state index contributed by atoms with van der Waals surface area (Å²) in [7, 11) is -3.91. The minimum absolute atomic E-state index is 0.0746. The van der Waals surface area contributed by atoms with Gasteiger partial charge >= 0.3 is 0 Å². The predicted molar refractivity (Wildman–Crippen MR) is 96.3 cm³/mol. The fourth-order valence-corrected chi connectivity index (χ4v) is 3.30. The van der Waals surface area contributed by atoms with E-state index in [9.17, 15) is 13.2 Å². The second-order valence-corrected chi connectivity index (χ2v) is 7.05. The largest absolute Gasteiger partial charge is 0.460 e. The molecule has 0 spiro atoms. The zero-order chi connectivity index (χ0) is 18.7. The Morgan fingerprint density at radius 2 is 1.88 bits per heavy atom. The van der Waals surface area contributed by atoms with Crippen molar-refractivity contribution < 1.29 is 22.7 Å². The monoisotopic (exact) mass is 374 g/mol. The van der Waals surface area contributed by atoms with Crippen LogP contribution in [0.1, 0.15) is 17.3 Å². The summed E-state index contributed by atoms with van der Waals surface area (Å²) < 4.78 is 34.7. The van der Waals surface area contributed by atoms with Gasteiger partial charge in [-0.05, 0) is 31.2 Å². The average Bonchev–Trinajstić information content (AvgIpc) is 2.61. The molecule has 0 fully saturated rings. The quantitative estimate of drug-likeness (QED) is 0.778. The molecule has 1 unspecified atom stereocenters. The lowest BCUT2D eigenvalue weighted by Crippen LogP contribution is -2.33. The minimum Gasteiger partial charge on any atom is -0.460 e. The third kappa shape index (κ3) is 3.62. The number of carbonyl (C=O) groups excluding carboxylic acids is 1. The van der Waals surface area contributed by atoms with Crippen molar-refractivity contribution in [2.45, 2.75) is 18.1 Å². The number of nitrogens with one attached hydrogen (secondary N) is 1. The average molecular weight is 374 g/mol. The summed E-state index contributed by atoms with van der Waals surface area (Å²) in [6.45, 7) is 2.13. The van der Waals surface area contributed by atoms with Crippen molar-refractivity contribution in [3.63, 3.8) is 0 Å². The molecule has 0 saturated carbocycles. The van der Waals surface area contributed by atoms with Crippen molar-refractivity contribution in [3.8, 4) is 5.75 Å². The number of rotatable bonds is 5. The van der Waals surface area contributed by atoms with Gasteiger partial charge < -0.3 is 14.8 Å². The Balaban J connectivity index is 1.98. The van der Waals surface area contributed by atoms with Gasteiger partial charge in [0.1, 0.15) is 10.6 Å². The number of fused-ring (bicyclic) bond motifs is 1. The first-order valence-corrected chi connectivity index (χ1v) is 9.47. The number of primary sulfonamides is 1. The maximum atomic E-state index is 12.8. The maximum Gasteiger partial charge on any atom is 0.240 e. The van der Waals surface area contributed by atoms with Gasteiger partial charge in [0.05, 0.1) is 16.8 Å². The fraction of sp³-hybridized carbons (Fsp3) is 0.167. The summed E-state index contributed by atoms with van der Waals surface area (Å²) >= 11 is 0. The summed E-state index contributed by atoms with van der Waals surface area (Å²) in [4.78, 5) is 12.7. The van der Waals surface area contributed by atoms with E-state index in [-0.39, 0.29) is 21.9 Å². The zero-order valence-electron chi connectivity index (χ0n) is 14.0. The lowest BCUT2D eigenvalue weighted by atomic mass is 10.00. The number of nitrogens with two attached hydrogens (primary N) is 1. The van der Waals surface area contributed by atoms with Gasteiger partial charge in [-0.3, -0.25) is 4.79 Å². The molecular weight excluding hydrogens is 356 g/mol. The molecule has 0 aromatic heterocycles. The van der Waals surface area contributed by atoms with Crippen LogP contribution in [0.15, 0.2) is 65.2 Å². The van der Waals surface area contributed by atoms with Gasteiger partial charge in [0.25, 0.3) is 0 Å². The highest BCUT2D eigenvalue weighted by atomic mass is 32.2. The van der Waals surface area contributed by atoms with E-state index in [2.05, 4.69) is 5.32 Å². The van der Waals surface area contributed by atoms with E-state index < -0.39 is 16.3 Å². The molecule has 1 atom stereocenters. The molecule has 0 radical (unpaired) electrons. The molecular formula is C18H18N2O5S. The Labute approximate surface area is 151 Å². The van der Waals surface area contributed by atoms with Crippen LogP contribution in [0, 0.1) is 0 Å². The number of ketones is 1. The predicted octanol–water partition coefficient (Wildman–Crippen LogP) is 2.27. The van der Waals surface area contributed by atoms with Gasteiger partial charge in [0, 0.05) is 12.8 Å². The third-order valence-electron chi connectivity index (χ3n) is 3.78. The lowest BCUT2D eigenvalue weighted by Gasteiger charge is -2.27. The number of hydrogen-bond donors (Lipinski definition) is 2. The van der Waals surface area contributed by atoms with Gasteiger partial charge in [-0.25, -0.2) is 13.6 Å². The van der Waals surface area contributed by atoms with Crippen molar-refractivity contribution in [1.82, 2.24) is 0 Å². The van der Waals surface area contributed by atoms with Crippen LogP contribution < -0.4 is 15.2 Å². The topological polar surface area (TPSA) is 108 Å². The molecule has 1 aliphatic heterocycles. The van der Waals surface area contributed by atoms with Gasteiger partial charge in [0.2, 0.25) is 16.3 Å². The number of anilines is 1. The maximum absolute atomic E-state index is 12.8. The van der Waals surface area contributed by atoms with Crippen molar-refractivity contribution in [2.75, 3.05) is 11.9 Å². The van der Waals surface area contributed by atoms with Crippen molar-refractivity contribution in [2.24, 2.45) is 5.14 Å². The Morgan fingerprint density at radius 1 is 1.19 bits per heavy atom. The van der Waals surface area contributed by atoms with Crippen LogP contribution in [0.2, 0.25) is 0 Å². The second-order valence-electron chi connectivity index (χ2n) is 5.52. The van der Waals surface area contributed by atoms with Crippen molar-refractivity contribution >= 4 is 21.5 Å². The SMILES string of the molecule is CCOC1Oc2ccccc2C(=O)/C1=C/Nc1ccccc1S(N)(=O)=O. The molecule has 8 heteroatoms. The molecule has 1 aliphatic rings. The summed E-state index contributed by atoms with van der Waals surface area (Å²) in [6, 6.07) is 13.0. The van der Waals surface area contributed by atoms with Crippen LogP contribution in [-0.4, -0.2) is 27.1 Å². The minimum atomic E-state index is -3.91. The molecule has 0 saturated heterocycles. The van der Waals surface area contributed by atoms with E-state index >= 15 is 0 Å². The zero-order valence-corrected chi connectivity index (χ0v) is 14.8. The van der Waals surface area contributed by atoms with E-state index in [1.54, 1.807) is 49.4 Å². The first-order valence-electron chi connectivity index (χ1n) is 7.92. The van der Waals surface area contributed by atoms with E-state index in [1.165, 1.54) is 12.3 Å². The molecule has 3 rings (SSSR count). The molecule has 0 aliphatic carbocycles. The Morgan fingerprint density at radius 3 is 2.62 bits per heavy atom. The summed E-state index contributed by atoms with van der Waals surface area (Å²) in [6.07, 6.45) is 0.499. The van der Waals surface area contributed by atoms with E-state index in [4.69, 9.17) is 14.6 Å². The Hall–Kier alpha value is -2.68. The normalized spacial score (nSPS) is 18.3. The van der Waals surface area contributed by atoms with Crippen LogP contribution in [0.4, 0.5) is 5.69 Å². The van der Waals surface area contributed by atoms with E-state index in [0.29, 0.717) is 17.9 Å². The van der Waals surface area contributed by atoms with Crippen LogP contribution in [0.5, 0.6) is 5.75 Å². The van der Waals surface area contributed by atoms with Gasteiger partial charge in [0.15, 0.2) is 5.78 Å². The van der Waals surface area contributed by atoms with Gasteiger partial charge in [-0.1, -0.05) is 24.3 Å². The van der Waals surface area contributed by atoms with Crippen LogP contribution in [0.25, 0.3) is 0 Å². The molecule has 1 heterocycles. The molecule has 0 amide bonds. The third-order valence-corrected chi connectivity index (χ3v) is 4.75. The molecule has 136 valence electrons. The van der Waals surface area contributed by atoms with Crippen molar-refractivity contribution in [1.29, 1.82) is 0 Å². The molecule has 0 bridgehead atoms. The summed E-state index contributed by atoms with van der Waals surface area (Å²) in [5.74, 6) is 0.184. The molecule has 7 nitrogen and oxygen atoms in total. The number of hydrogen-bond acceptors (Lipinski definition) is 6. The summed E-state index contributed by atoms with van der Waals surface area (Å²) in [5.41, 5.74) is 0.899. The fourth-order valence-electron chi connectivity index (χ4n) is 2.60. The first-order chi connectivity index (χ1) is 12.4. The highest BCUT2D eigenvalue weighted by molar-refractivity contribution is 7.89. The van der Waals surface area contributed by atoms with Crippen LogP contribution >= 0.6 is 0 Å². The number of ether oxygens (including phenoxy) is 2. The van der Waals surface area contributed by atoms with Crippen molar-refractivity contribution in [3.05, 3.63) is 65.9 Å². The molecule has 2 aromatic carbocycles. The number of Topliss-reactive ketones (excluding diaryl/α,β-unsaturated/α-hetero) is 1. The number of benzene rings is 2. The highest BCUT2D eigenvalue weighted by Crippen LogP contribution is 2.31.